The molecular formula is C17H23NO5S2. The number of methoxy groups -OCH3 is 1. The van der Waals surface area contributed by atoms with Crippen molar-refractivity contribution in [2.75, 3.05) is 30.5 Å². The number of anilines is 1. The summed E-state index contributed by atoms with van der Waals surface area (Å²) in [4.78, 5) is 36.8. The van der Waals surface area contributed by atoms with Crippen molar-refractivity contribution in [3.8, 4) is 0 Å². The number of carbonyl (C=O) groups is 3. The molecule has 0 spiro atoms. The minimum atomic E-state index is -0.415. The predicted molar refractivity (Wildman–Crippen MR) is 99.4 cm³/mol. The molecule has 8 heteroatoms. The van der Waals surface area contributed by atoms with Crippen molar-refractivity contribution >= 4 is 45.9 Å². The SMILES string of the molecule is CCOC(=O)CSCC(=O)Nc1sc2c(c1C(=O)OC)CCC(C)C2. The van der Waals surface area contributed by atoms with Crippen LogP contribution < -0.4 is 5.32 Å². The zero-order valence-corrected chi connectivity index (χ0v) is 16.3. The highest BCUT2D eigenvalue weighted by molar-refractivity contribution is 8.00. The molecule has 1 aromatic rings. The molecular weight excluding hydrogens is 362 g/mol. The molecule has 1 aliphatic carbocycles. The van der Waals surface area contributed by atoms with E-state index >= 15 is 0 Å². The number of rotatable bonds is 7. The largest absolute Gasteiger partial charge is 0.465 e. The summed E-state index contributed by atoms with van der Waals surface area (Å²) in [6, 6.07) is 0. The van der Waals surface area contributed by atoms with Crippen molar-refractivity contribution in [3.05, 3.63) is 16.0 Å². The van der Waals surface area contributed by atoms with Crippen molar-refractivity contribution in [2.45, 2.75) is 33.1 Å². The summed E-state index contributed by atoms with van der Waals surface area (Å²) in [5, 5.41) is 3.36. The molecule has 138 valence electrons. The maximum atomic E-state index is 12.2. The Hall–Kier alpha value is -1.54. The van der Waals surface area contributed by atoms with Gasteiger partial charge in [0.1, 0.15) is 5.00 Å². The van der Waals surface area contributed by atoms with Gasteiger partial charge in [0.25, 0.3) is 0 Å². The molecule has 2 rings (SSSR count). The Morgan fingerprint density at radius 2 is 2.08 bits per heavy atom. The van der Waals surface area contributed by atoms with E-state index in [4.69, 9.17) is 9.47 Å². The number of fused-ring (bicyclic) bond motifs is 1. The number of esters is 2. The molecule has 0 radical (unpaired) electrons. The summed E-state index contributed by atoms with van der Waals surface area (Å²) in [5.74, 6) is -0.175. The monoisotopic (exact) mass is 385 g/mol. The van der Waals surface area contributed by atoms with Gasteiger partial charge in [0.05, 0.1) is 30.8 Å². The summed E-state index contributed by atoms with van der Waals surface area (Å²) < 4.78 is 9.72. The molecule has 1 N–H and O–H groups in total. The zero-order valence-electron chi connectivity index (χ0n) is 14.7. The van der Waals surface area contributed by atoms with Gasteiger partial charge in [-0.15, -0.1) is 23.1 Å². The highest BCUT2D eigenvalue weighted by Crippen LogP contribution is 2.40. The van der Waals surface area contributed by atoms with Crippen LogP contribution in [0.2, 0.25) is 0 Å². The summed E-state index contributed by atoms with van der Waals surface area (Å²) in [6.45, 7) is 4.25. The Morgan fingerprint density at radius 1 is 1.32 bits per heavy atom. The Balaban J connectivity index is 2.04. The standard InChI is InChI=1S/C17H23NO5S2/c1-4-23-14(20)9-24-8-13(19)18-16-15(17(21)22-3)11-6-5-10(2)7-12(11)25-16/h10H,4-9H2,1-3H3,(H,18,19). The maximum absolute atomic E-state index is 12.2. The number of nitrogens with one attached hydrogen (secondary N) is 1. The highest BCUT2D eigenvalue weighted by Gasteiger charge is 2.28. The third-order valence-electron chi connectivity index (χ3n) is 3.91. The van der Waals surface area contributed by atoms with E-state index in [1.807, 2.05) is 0 Å². The second-order valence-corrected chi connectivity index (χ2v) is 7.98. The van der Waals surface area contributed by atoms with Crippen LogP contribution in [0, 0.1) is 5.92 Å². The molecule has 1 heterocycles. The predicted octanol–water partition coefficient (Wildman–Crippen LogP) is 2.89. The van der Waals surface area contributed by atoms with E-state index in [1.54, 1.807) is 6.92 Å². The van der Waals surface area contributed by atoms with Crippen LogP contribution in [0.15, 0.2) is 0 Å². The van der Waals surface area contributed by atoms with Gasteiger partial charge in [-0.05, 0) is 37.7 Å². The normalized spacial score (nSPS) is 16.0. The van der Waals surface area contributed by atoms with Crippen molar-refractivity contribution in [3.63, 3.8) is 0 Å². The van der Waals surface area contributed by atoms with Gasteiger partial charge in [-0.25, -0.2) is 4.79 Å². The van der Waals surface area contributed by atoms with Gasteiger partial charge < -0.3 is 14.8 Å². The molecule has 25 heavy (non-hydrogen) atoms. The Labute approximate surface area is 155 Å². The fourth-order valence-corrected chi connectivity index (χ4v) is 4.77. The number of thiophene rings is 1. The molecule has 1 aromatic heterocycles. The van der Waals surface area contributed by atoms with Crippen molar-refractivity contribution in [2.24, 2.45) is 5.92 Å². The van der Waals surface area contributed by atoms with Crippen LogP contribution in [-0.4, -0.2) is 43.1 Å². The molecule has 0 fully saturated rings. The quantitative estimate of drug-likeness (QED) is 0.727. The second-order valence-electron chi connectivity index (χ2n) is 5.89. The number of hydrogen-bond acceptors (Lipinski definition) is 7. The minimum absolute atomic E-state index is 0.123. The van der Waals surface area contributed by atoms with E-state index in [9.17, 15) is 14.4 Å². The molecule has 1 aliphatic rings. The van der Waals surface area contributed by atoms with E-state index in [1.165, 1.54) is 30.2 Å². The Morgan fingerprint density at radius 3 is 2.76 bits per heavy atom. The van der Waals surface area contributed by atoms with Crippen molar-refractivity contribution in [1.29, 1.82) is 0 Å². The first kappa shape index (κ1) is 19.8. The van der Waals surface area contributed by atoms with Gasteiger partial charge in [0.2, 0.25) is 5.91 Å². The summed E-state index contributed by atoms with van der Waals surface area (Å²) in [5.41, 5.74) is 1.49. The number of thioether (sulfide) groups is 1. The fourth-order valence-electron chi connectivity index (χ4n) is 2.75. The topological polar surface area (TPSA) is 81.7 Å². The second kappa shape index (κ2) is 9.24. The van der Waals surface area contributed by atoms with Crippen molar-refractivity contribution < 1.29 is 23.9 Å². The summed E-state index contributed by atoms with van der Waals surface area (Å²) in [6.07, 6.45) is 2.76. The summed E-state index contributed by atoms with van der Waals surface area (Å²) in [7, 11) is 1.35. The third kappa shape index (κ3) is 5.22. The molecule has 0 aliphatic heterocycles. The molecule has 6 nitrogen and oxygen atoms in total. The van der Waals surface area contributed by atoms with E-state index in [0.29, 0.717) is 23.1 Å². The van der Waals surface area contributed by atoms with Gasteiger partial charge in [0, 0.05) is 4.88 Å². The third-order valence-corrected chi connectivity index (χ3v) is 5.99. The van der Waals surface area contributed by atoms with E-state index < -0.39 is 5.97 Å². The number of ether oxygens (including phenoxy) is 2. The lowest BCUT2D eigenvalue weighted by molar-refractivity contribution is -0.139. The van der Waals surface area contributed by atoms with Crippen LogP contribution in [-0.2, 0) is 31.9 Å². The first-order valence-electron chi connectivity index (χ1n) is 8.22. The maximum Gasteiger partial charge on any atom is 0.341 e. The van der Waals surface area contributed by atoms with Gasteiger partial charge in [-0.2, -0.15) is 0 Å². The van der Waals surface area contributed by atoms with Crippen LogP contribution in [0.25, 0.3) is 0 Å². The first-order valence-corrected chi connectivity index (χ1v) is 10.2. The highest BCUT2D eigenvalue weighted by atomic mass is 32.2. The zero-order chi connectivity index (χ0) is 18.4. The minimum Gasteiger partial charge on any atom is -0.465 e. The van der Waals surface area contributed by atoms with Gasteiger partial charge in [0.15, 0.2) is 0 Å². The lowest BCUT2D eigenvalue weighted by Crippen LogP contribution is -2.18. The van der Waals surface area contributed by atoms with E-state index in [2.05, 4.69) is 12.2 Å². The summed E-state index contributed by atoms with van der Waals surface area (Å²) >= 11 is 2.64. The van der Waals surface area contributed by atoms with Crippen molar-refractivity contribution in [1.82, 2.24) is 0 Å². The van der Waals surface area contributed by atoms with Crippen LogP contribution in [0.3, 0.4) is 0 Å². The molecule has 1 atom stereocenters. The van der Waals surface area contributed by atoms with Crippen LogP contribution >= 0.6 is 23.1 Å². The van der Waals surface area contributed by atoms with Gasteiger partial charge in [-0.3, -0.25) is 9.59 Å². The van der Waals surface area contributed by atoms with Crippen LogP contribution in [0.1, 0.15) is 41.1 Å². The number of carbonyl (C=O) groups excluding carboxylic acids is 3. The van der Waals surface area contributed by atoms with Crippen LogP contribution in [0.4, 0.5) is 5.00 Å². The van der Waals surface area contributed by atoms with E-state index in [-0.39, 0.29) is 23.4 Å². The lowest BCUT2D eigenvalue weighted by atomic mass is 9.88. The van der Waals surface area contributed by atoms with Gasteiger partial charge >= 0.3 is 11.9 Å². The average molecular weight is 386 g/mol. The van der Waals surface area contributed by atoms with E-state index in [0.717, 1.165) is 29.7 Å². The number of amides is 1. The molecule has 1 unspecified atom stereocenters. The van der Waals surface area contributed by atoms with Crippen LogP contribution in [0.5, 0.6) is 0 Å². The molecule has 0 aromatic carbocycles. The smallest absolute Gasteiger partial charge is 0.341 e. The van der Waals surface area contributed by atoms with Gasteiger partial charge in [-0.1, -0.05) is 6.92 Å². The molecule has 0 bridgehead atoms. The lowest BCUT2D eigenvalue weighted by Gasteiger charge is -2.18. The molecule has 0 saturated heterocycles. The molecule has 0 saturated carbocycles. The fraction of sp³-hybridized carbons (Fsp3) is 0.588. The number of hydrogen-bond donors (Lipinski definition) is 1. The average Bonchev–Trinajstić information content (AvgIpc) is 2.91. The molecule has 1 amide bonds. The Bertz CT molecular complexity index is 656. The first-order chi connectivity index (χ1) is 12.0. The Kier molecular flexibility index (Phi) is 7.31.